The summed E-state index contributed by atoms with van der Waals surface area (Å²) in [6.45, 7) is 1.78. The highest BCUT2D eigenvalue weighted by Crippen LogP contribution is 2.09. The number of benzene rings is 1. The van der Waals surface area contributed by atoms with Crippen LogP contribution in [-0.2, 0) is 6.42 Å². The van der Waals surface area contributed by atoms with E-state index >= 15 is 0 Å². The molecule has 0 bridgehead atoms. The Labute approximate surface area is 91.8 Å². The van der Waals surface area contributed by atoms with E-state index in [0.29, 0.717) is 0 Å². The molecule has 1 rings (SSSR count). The first kappa shape index (κ1) is 12.0. The van der Waals surface area contributed by atoms with Gasteiger partial charge in [0.1, 0.15) is 6.67 Å². The average Bonchev–Trinajstić information content (AvgIpc) is 2.23. The topological polar surface area (TPSA) is 0 Å². The van der Waals surface area contributed by atoms with Crippen molar-refractivity contribution in [2.75, 3.05) is 6.67 Å². The van der Waals surface area contributed by atoms with Crippen molar-refractivity contribution in [1.29, 1.82) is 0 Å². The van der Waals surface area contributed by atoms with E-state index in [1.165, 1.54) is 17.5 Å². The van der Waals surface area contributed by atoms with Crippen LogP contribution in [0.5, 0.6) is 0 Å². The molecular formula is C14H19F. The molecule has 0 aliphatic rings. The highest BCUT2D eigenvalue weighted by atomic mass is 19.1. The second-order valence-electron chi connectivity index (χ2n) is 3.86. The second kappa shape index (κ2) is 7.22. The van der Waals surface area contributed by atoms with Crippen LogP contribution >= 0.6 is 0 Å². The van der Waals surface area contributed by atoms with Crippen LogP contribution in [0.4, 0.5) is 4.39 Å². The molecule has 0 saturated heterocycles. The van der Waals surface area contributed by atoms with Crippen molar-refractivity contribution >= 4 is 0 Å². The maximum Gasteiger partial charge on any atom is 0.108 e. The van der Waals surface area contributed by atoms with Gasteiger partial charge in [-0.25, -0.2) is 4.39 Å². The molecular weight excluding hydrogens is 187 g/mol. The third-order valence-corrected chi connectivity index (χ3v) is 2.42. The first-order valence-corrected chi connectivity index (χ1v) is 5.59. The summed E-state index contributed by atoms with van der Waals surface area (Å²) in [5.41, 5.74) is 2.73. The third kappa shape index (κ3) is 5.36. The summed E-state index contributed by atoms with van der Waals surface area (Å²) in [5, 5.41) is 0. The molecule has 0 saturated carbocycles. The van der Waals surface area contributed by atoms with E-state index < -0.39 is 0 Å². The molecule has 1 aromatic carbocycles. The highest BCUT2D eigenvalue weighted by Gasteiger charge is 1.92. The van der Waals surface area contributed by atoms with Crippen LogP contribution in [0.25, 0.3) is 0 Å². The number of unbranched alkanes of at least 4 members (excludes halogenated alkanes) is 2. The van der Waals surface area contributed by atoms with Gasteiger partial charge in [-0.15, -0.1) is 0 Å². The Hall–Kier alpha value is -1.11. The van der Waals surface area contributed by atoms with Crippen LogP contribution in [-0.4, -0.2) is 6.67 Å². The summed E-state index contributed by atoms with van der Waals surface area (Å²) in [4.78, 5) is 0. The zero-order valence-electron chi connectivity index (χ0n) is 9.38. The van der Waals surface area contributed by atoms with E-state index in [4.69, 9.17) is 0 Å². The maximum absolute atomic E-state index is 11.7. The minimum Gasteiger partial charge on any atom is -0.247 e. The molecule has 0 N–H and O–H groups in total. The minimum absolute atomic E-state index is 0.335. The van der Waals surface area contributed by atoms with Gasteiger partial charge in [0.2, 0.25) is 0 Å². The van der Waals surface area contributed by atoms with Gasteiger partial charge >= 0.3 is 0 Å². The van der Waals surface area contributed by atoms with Gasteiger partial charge in [0.05, 0.1) is 0 Å². The Morgan fingerprint density at radius 1 is 1.20 bits per heavy atom. The van der Waals surface area contributed by atoms with Gasteiger partial charge in [0, 0.05) is 0 Å². The van der Waals surface area contributed by atoms with Crippen molar-refractivity contribution in [3.63, 3.8) is 0 Å². The molecule has 0 fully saturated rings. The number of alkyl halides is 1. The van der Waals surface area contributed by atoms with E-state index in [-0.39, 0.29) is 6.67 Å². The Morgan fingerprint density at radius 2 is 2.07 bits per heavy atom. The van der Waals surface area contributed by atoms with E-state index in [1.807, 2.05) is 6.08 Å². The van der Waals surface area contributed by atoms with Crippen LogP contribution in [0.15, 0.2) is 36.4 Å². The van der Waals surface area contributed by atoms with Gasteiger partial charge in [-0.2, -0.15) is 0 Å². The fourth-order valence-electron chi connectivity index (χ4n) is 1.64. The summed E-state index contributed by atoms with van der Waals surface area (Å²) in [7, 11) is 0. The van der Waals surface area contributed by atoms with Gasteiger partial charge < -0.3 is 0 Å². The normalized spacial score (nSPS) is 11.1. The van der Waals surface area contributed by atoms with Gasteiger partial charge in [-0.05, 0) is 38.2 Å². The van der Waals surface area contributed by atoms with Crippen LogP contribution in [0.1, 0.15) is 30.4 Å². The fraction of sp³-hybridized carbons (Fsp3) is 0.429. The lowest BCUT2D eigenvalue weighted by molar-refractivity contribution is 0.560. The Kier molecular flexibility index (Phi) is 5.76. The number of aryl methyl sites for hydroxylation is 2. The van der Waals surface area contributed by atoms with Crippen molar-refractivity contribution in [2.45, 2.75) is 32.6 Å². The molecule has 0 aliphatic heterocycles. The number of hydrogen-bond acceptors (Lipinski definition) is 0. The largest absolute Gasteiger partial charge is 0.247 e. The van der Waals surface area contributed by atoms with E-state index in [1.54, 1.807) is 6.08 Å². The van der Waals surface area contributed by atoms with Crippen molar-refractivity contribution in [1.82, 2.24) is 0 Å². The fourth-order valence-corrected chi connectivity index (χ4v) is 1.64. The van der Waals surface area contributed by atoms with Crippen LogP contribution in [0, 0.1) is 6.92 Å². The average molecular weight is 206 g/mol. The standard InChI is InChI=1S/C14H19F/c1-13-8-7-10-14(12-13)9-5-3-2-4-6-11-15/h4,6-8,10,12H,2-3,5,9,11H2,1H3/b6-4+. The van der Waals surface area contributed by atoms with Gasteiger partial charge in [0.25, 0.3) is 0 Å². The Balaban J connectivity index is 2.17. The third-order valence-electron chi connectivity index (χ3n) is 2.42. The van der Waals surface area contributed by atoms with E-state index in [9.17, 15) is 4.39 Å². The van der Waals surface area contributed by atoms with Crippen LogP contribution < -0.4 is 0 Å². The van der Waals surface area contributed by atoms with Crippen molar-refractivity contribution in [3.8, 4) is 0 Å². The van der Waals surface area contributed by atoms with Crippen LogP contribution in [0.3, 0.4) is 0 Å². The van der Waals surface area contributed by atoms with E-state index in [0.717, 1.165) is 19.3 Å². The predicted octanol–water partition coefficient (Wildman–Crippen LogP) is 4.23. The van der Waals surface area contributed by atoms with Gasteiger partial charge in [-0.3, -0.25) is 0 Å². The molecule has 0 amide bonds. The summed E-state index contributed by atoms with van der Waals surface area (Å²) in [6.07, 6.45) is 7.97. The number of halogens is 1. The molecule has 0 nitrogen and oxygen atoms in total. The second-order valence-corrected chi connectivity index (χ2v) is 3.86. The molecule has 0 unspecified atom stereocenters. The number of rotatable bonds is 6. The predicted molar refractivity (Wildman–Crippen MR) is 63.8 cm³/mol. The molecule has 82 valence electrons. The molecule has 1 aromatic rings. The molecule has 0 radical (unpaired) electrons. The SMILES string of the molecule is Cc1cccc(CCCC/C=C/CF)c1. The zero-order valence-corrected chi connectivity index (χ0v) is 9.38. The summed E-state index contributed by atoms with van der Waals surface area (Å²) >= 11 is 0. The summed E-state index contributed by atoms with van der Waals surface area (Å²) in [6, 6.07) is 8.63. The first-order valence-electron chi connectivity index (χ1n) is 5.59. The lowest BCUT2D eigenvalue weighted by Crippen LogP contribution is -1.86. The monoisotopic (exact) mass is 206 g/mol. The zero-order chi connectivity index (χ0) is 10.9. The quantitative estimate of drug-likeness (QED) is 0.482. The minimum atomic E-state index is -0.335. The van der Waals surface area contributed by atoms with Gasteiger partial charge in [0.15, 0.2) is 0 Å². The molecule has 1 heteroatoms. The molecule has 0 atom stereocenters. The van der Waals surface area contributed by atoms with Crippen LogP contribution in [0.2, 0.25) is 0 Å². The van der Waals surface area contributed by atoms with Crippen molar-refractivity contribution < 1.29 is 4.39 Å². The molecule has 0 aliphatic carbocycles. The van der Waals surface area contributed by atoms with Gasteiger partial charge in [-0.1, -0.05) is 42.0 Å². The van der Waals surface area contributed by atoms with E-state index in [2.05, 4.69) is 31.2 Å². The lowest BCUT2D eigenvalue weighted by Gasteiger charge is -2.01. The Bertz CT molecular complexity index is 302. The lowest BCUT2D eigenvalue weighted by atomic mass is 10.1. The van der Waals surface area contributed by atoms with Crippen molar-refractivity contribution in [2.24, 2.45) is 0 Å². The number of hydrogen-bond donors (Lipinski definition) is 0. The molecule has 0 heterocycles. The highest BCUT2D eigenvalue weighted by molar-refractivity contribution is 5.22. The molecule has 15 heavy (non-hydrogen) atoms. The smallest absolute Gasteiger partial charge is 0.108 e. The summed E-state index contributed by atoms with van der Waals surface area (Å²) < 4.78 is 11.7. The first-order chi connectivity index (χ1) is 7.33. The summed E-state index contributed by atoms with van der Waals surface area (Å²) in [5.74, 6) is 0. The van der Waals surface area contributed by atoms with Crippen molar-refractivity contribution in [3.05, 3.63) is 47.5 Å². The Morgan fingerprint density at radius 3 is 2.80 bits per heavy atom. The number of allylic oxidation sites excluding steroid dienone is 2. The molecule has 0 aromatic heterocycles. The molecule has 0 spiro atoms. The maximum atomic E-state index is 11.7.